The molecule has 1 atom stereocenters. The summed E-state index contributed by atoms with van der Waals surface area (Å²) in [6.07, 6.45) is 0.924. The van der Waals surface area contributed by atoms with Gasteiger partial charge in [-0.2, -0.15) is 0 Å². The smallest absolute Gasteiger partial charge is 0.261 e. The predicted octanol–water partition coefficient (Wildman–Crippen LogP) is 2.74. The van der Waals surface area contributed by atoms with Crippen LogP contribution < -0.4 is 10.0 Å². The Morgan fingerprint density at radius 2 is 1.76 bits per heavy atom. The second-order valence-electron chi connectivity index (χ2n) is 5.60. The molecule has 0 aromatic heterocycles. The van der Waals surface area contributed by atoms with Crippen molar-refractivity contribution in [2.45, 2.75) is 23.8 Å². The number of anilines is 2. The predicted molar refractivity (Wildman–Crippen MR) is 91.3 cm³/mol. The lowest BCUT2D eigenvalue weighted by Crippen LogP contribution is -2.27. The number of carbonyl (C=O) groups excluding carboxylic acids is 1. The van der Waals surface area contributed by atoms with E-state index in [1.165, 1.54) is 18.2 Å². The van der Waals surface area contributed by atoms with E-state index in [4.69, 9.17) is 4.74 Å². The molecule has 1 aliphatic rings. The number of benzene rings is 2. The number of amides is 1. The zero-order valence-electron chi connectivity index (χ0n) is 13.2. The molecule has 0 spiro atoms. The first-order valence-electron chi connectivity index (χ1n) is 7.75. The van der Waals surface area contributed by atoms with Gasteiger partial charge in [0.25, 0.3) is 15.9 Å². The largest absolute Gasteiger partial charge is 0.368 e. The van der Waals surface area contributed by atoms with Gasteiger partial charge in [0.1, 0.15) is 11.9 Å². The molecule has 2 aromatic rings. The average molecular weight is 364 g/mol. The van der Waals surface area contributed by atoms with Gasteiger partial charge in [-0.25, -0.2) is 12.8 Å². The Kier molecular flexibility index (Phi) is 5.00. The van der Waals surface area contributed by atoms with Crippen molar-refractivity contribution in [1.82, 2.24) is 0 Å². The second kappa shape index (κ2) is 7.20. The summed E-state index contributed by atoms with van der Waals surface area (Å²) in [5, 5.41) is 2.68. The molecule has 0 aliphatic carbocycles. The third-order valence-electron chi connectivity index (χ3n) is 3.78. The Morgan fingerprint density at radius 1 is 1.08 bits per heavy atom. The molecule has 6 nitrogen and oxygen atoms in total. The van der Waals surface area contributed by atoms with Crippen LogP contribution in [0.5, 0.6) is 0 Å². The van der Waals surface area contributed by atoms with Gasteiger partial charge in [0.2, 0.25) is 0 Å². The van der Waals surface area contributed by atoms with Crippen molar-refractivity contribution in [3.05, 3.63) is 54.3 Å². The molecule has 1 aliphatic heterocycles. The molecule has 1 saturated heterocycles. The van der Waals surface area contributed by atoms with Crippen LogP contribution in [0, 0.1) is 5.82 Å². The van der Waals surface area contributed by atoms with Gasteiger partial charge in [-0.3, -0.25) is 9.52 Å². The van der Waals surface area contributed by atoms with Crippen LogP contribution in [0.3, 0.4) is 0 Å². The number of nitrogens with one attached hydrogen (secondary N) is 2. The molecule has 1 heterocycles. The molecule has 1 amide bonds. The molecule has 2 aromatic carbocycles. The summed E-state index contributed by atoms with van der Waals surface area (Å²) in [7, 11) is -3.91. The van der Waals surface area contributed by atoms with Crippen LogP contribution in [0.25, 0.3) is 0 Å². The van der Waals surface area contributed by atoms with E-state index in [1.54, 1.807) is 18.2 Å². The maximum absolute atomic E-state index is 13.0. The van der Waals surface area contributed by atoms with E-state index < -0.39 is 21.9 Å². The highest BCUT2D eigenvalue weighted by molar-refractivity contribution is 7.92. The van der Waals surface area contributed by atoms with Gasteiger partial charge in [-0.05, 0) is 49.2 Å². The number of rotatable bonds is 5. The Balaban J connectivity index is 1.80. The summed E-state index contributed by atoms with van der Waals surface area (Å²) < 4.78 is 45.6. The molecular weight excluding hydrogens is 347 g/mol. The molecular formula is C17H17FN2O4S. The lowest BCUT2D eigenvalue weighted by molar-refractivity contribution is -0.124. The van der Waals surface area contributed by atoms with Gasteiger partial charge in [0, 0.05) is 6.61 Å². The van der Waals surface area contributed by atoms with Gasteiger partial charge >= 0.3 is 0 Å². The van der Waals surface area contributed by atoms with Crippen molar-refractivity contribution in [2.24, 2.45) is 0 Å². The van der Waals surface area contributed by atoms with E-state index in [9.17, 15) is 17.6 Å². The number of hydrogen-bond donors (Lipinski definition) is 2. The fourth-order valence-corrected chi connectivity index (χ4v) is 3.58. The lowest BCUT2D eigenvalue weighted by atomic mass is 10.2. The van der Waals surface area contributed by atoms with E-state index >= 15 is 0 Å². The summed E-state index contributed by atoms with van der Waals surface area (Å²) in [4.78, 5) is 12.1. The highest BCUT2D eigenvalue weighted by atomic mass is 32.2. The maximum Gasteiger partial charge on any atom is 0.261 e. The van der Waals surface area contributed by atoms with Crippen molar-refractivity contribution >= 4 is 27.3 Å². The van der Waals surface area contributed by atoms with Gasteiger partial charge in [-0.15, -0.1) is 0 Å². The first-order valence-corrected chi connectivity index (χ1v) is 9.24. The number of ether oxygens (including phenoxy) is 1. The monoisotopic (exact) mass is 364 g/mol. The topological polar surface area (TPSA) is 84.5 Å². The third kappa shape index (κ3) is 4.15. The zero-order chi connectivity index (χ0) is 17.9. The number of hydrogen-bond acceptors (Lipinski definition) is 4. The Labute approximate surface area is 145 Å². The molecule has 2 N–H and O–H groups in total. The molecule has 25 heavy (non-hydrogen) atoms. The van der Waals surface area contributed by atoms with Gasteiger partial charge in [-0.1, -0.05) is 12.1 Å². The highest BCUT2D eigenvalue weighted by Crippen LogP contribution is 2.25. The summed E-state index contributed by atoms with van der Waals surface area (Å²) in [6, 6.07) is 10.9. The molecule has 1 fully saturated rings. The van der Waals surface area contributed by atoms with Crippen molar-refractivity contribution in [2.75, 3.05) is 16.6 Å². The fourth-order valence-electron chi connectivity index (χ4n) is 2.50. The molecule has 0 saturated carbocycles. The average Bonchev–Trinajstić information content (AvgIpc) is 3.11. The van der Waals surface area contributed by atoms with E-state index in [0.717, 1.165) is 18.6 Å². The Bertz CT molecular complexity index is 862. The molecule has 3 rings (SSSR count). The summed E-state index contributed by atoms with van der Waals surface area (Å²) in [5.41, 5.74) is 0.548. The Morgan fingerprint density at radius 3 is 2.40 bits per heavy atom. The summed E-state index contributed by atoms with van der Waals surface area (Å²) in [5.74, 6) is -0.839. The van der Waals surface area contributed by atoms with E-state index in [2.05, 4.69) is 10.0 Å². The number of sulfonamides is 1. The SMILES string of the molecule is O=C(Nc1ccccc1NS(=O)(=O)c1ccc(F)cc1)[C@@H]1CCCO1. The first-order chi connectivity index (χ1) is 12.0. The van der Waals surface area contributed by atoms with Gasteiger partial charge in [0.15, 0.2) is 0 Å². The molecule has 0 bridgehead atoms. The summed E-state index contributed by atoms with van der Waals surface area (Å²) >= 11 is 0. The fraction of sp³-hybridized carbons (Fsp3) is 0.235. The standard InChI is InChI=1S/C17H17FN2O4S/c18-12-7-9-13(10-8-12)25(22,23)20-15-5-2-1-4-14(15)19-17(21)16-6-3-11-24-16/h1-2,4-5,7-10,16,20H,3,6,11H2,(H,19,21)/t16-/m0/s1. The van der Waals surface area contributed by atoms with Crippen LogP contribution in [0.2, 0.25) is 0 Å². The second-order valence-corrected chi connectivity index (χ2v) is 7.28. The van der Waals surface area contributed by atoms with Crippen LogP contribution in [0.4, 0.5) is 15.8 Å². The van der Waals surface area contributed by atoms with E-state index in [-0.39, 0.29) is 16.5 Å². The first kappa shape index (κ1) is 17.4. The van der Waals surface area contributed by atoms with Crippen molar-refractivity contribution in [3.8, 4) is 0 Å². The number of halogens is 1. The lowest BCUT2D eigenvalue weighted by Gasteiger charge is -2.15. The van der Waals surface area contributed by atoms with Gasteiger partial charge in [0.05, 0.1) is 16.3 Å². The number of carbonyl (C=O) groups is 1. The van der Waals surface area contributed by atoms with Crippen LogP contribution in [0.1, 0.15) is 12.8 Å². The van der Waals surface area contributed by atoms with Crippen LogP contribution in [-0.2, 0) is 19.6 Å². The molecule has 0 unspecified atom stereocenters. The zero-order valence-corrected chi connectivity index (χ0v) is 14.1. The highest BCUT2D eigenvalue weighted by Gasteiger charge is 2.24. The third-order valence-corrected chi connectivity index (χ3v) is 5.16. The van der Waals surface area contributed by atoms with Gasteiger partial charge < -0.3 is 10.1 Å². The van der Waals surface area contributed by atoms with Crippen molar-refractivity contribution < 1.29 is 22.3 Å². The normalized spacial score (nSPS) is 17.2. The van der Waals surface area contributed by atoms with Crippen molar-refractivity contribution in [3.63, 3.8) is 0 Å². The minimum atomic E-state index is -3.91. The minimum absolute atomic E-state index is 0.0749. The van der Waals surface area contributed by atoms with E-state index in [0.29, 0.717) is 18.7 Å². The van der Waals surface area contributed by atoms with Crippen molar-refractivity contribution in [1.29, 1.82) is 0 Å². The maximum atomic E-state index is 13.0. The Hall–Kier alpha value is -2.45. The van der Waals surface area contributed by atoms with Crippen LogP contribution in [-0.4, -0.2) is 27.0 Å². The number of para-hydroxylation sites is 2. The molecule has 132 valence electrons. The van der Waals surface area contributed by atoms with Crippen LogP contribution >= 0.6 is 0 Å². The summed E-state index contributed by atoms with van der Waals surface area (Å²) in [6.45, 7) is 0.539. The van der Waals surface area contributed by atoms with E-state index in [1.807, 2.05) is 0 Å². The minimum Gasteiger partial charge on any atom is -0.368 e. The molecule has 0 radical (unpaired) electrons. The quantitative estimate of drug-likeness (QED) is 0.854. The molecule has 8 heteroatoms. The van der Waals surface area contributed by atoms with Crippen LogP contribution in [0.15, 0.2) is 53.4 Å².